The predicted molar refractivity (Wildman–Crippen MR) is 129 cm³/mol. The van der Waals surface area contributed by atoms with Crippen LogP contribution in [-0.2, 0) is 14.3 Å². The fraction of sp³-hybridized carbons (Fsp3) is 0.933. The number of esters is 1. The van der Waals surface area contributed by atoms with Gasteiger partial charge in [-0.25, -0.2) is 0 Å². The van der Waals surface area contributed by atoms with Crippen LogP contribution in [0.1, 0.15) is 113 Å². The molecule has 2 bridgehead atoms. The number of carbonyl (C=O) groups excluding carboxylic acids is 2. The van der Waals surface area contributed by atoms with Crippen molar-refractivity contribution in [3.05, 3.63) is 0 Å². The van der Waals surface area contributed by atoms with E-state index in [1.165, 1.54) is 32.1 Å². The highest BCUT2D eigenvalue weighted by Gasteiger charge is 2.75. The predicted octanol–water partition coefficient (Wildman–Crippen LogP) is 6.97. The quantitative estimate of drug-likeness (QED) is 0.371. The average molecular weight is 455 g/mol. The van der Waals surface area contributed by atoms with E-state index in [4.69, 9.17) is 4.74 Å². The molecular formula is C30H46O3. The van der Waals surface area contributed by atoms with Gasteiger partial charge in [-0.1, -0.05) is 48.5 Å². The molecule has 6 aliphatic rings. The van der Waals surface area contributed by atoms with Crippen molar-refractivity contribution in [1.82, 2.24) is 0 Å². The molecule has 6 fully saturated rings. The number of ketones is 1. The molecule has 3 heteroatoms. The molecule has 5 aliphatic carbocycles. The van der Waals surface area contributed by atoms with Crippen LogP contribution in [0.15, 0.2) is 0 Å². The van der Waals surface area contributed by atoms with Crippen molar-refractivity contribution < 1.29 is 14.3 Å². The maximum Gasteiger partial charge on any atom is 0.312 e. The summed E-state index contributed by atoms with van der Waals surface area (Å²) < 4.78 is 6.27. The van der Waals surface area contributed by atoms with Gasteiger partial charge in [-0.2, -0.15) is 0 Å². The maximum atomic E-state index is 13.3. The van der Waals surface area contributed by atoms with Gasteiger partial charge in [0.25, 0.3) is 0 Å². The van der Waals surface area contributed by atoms with Crippen molar-refractivity contribution >= 4 is 11.8 Å². The van der Waals surface area contributed by atoms with Gasteiger partial charge in [-0.15, -0.1) is 0 Å². The maximum absolute atomic E-state index is 13.3. The topological polar surface area (TPSA) is 43.4 Å². The van der Waals surface area contributed by atoms with Crippen LogP contribution in [0.25, 0.3) is 0 Å². The molecule has 6 rings (SSSR count). The van der Waals surface area contributed by atoms with Crippen molar-refractivity contribution in [2.24, 2.45) is 56.2 Å². The molecule has 5 saturated carbocycles. The van der Waals surface area contributed by atoms with Crippen molar-refractivity contribution in [2.45, 2.75) is 119 Å². The number of hydrogen-bond donors (Lipinski definition) is 0. The molecule has 33 heavy (non-hydrogen) atoms. The molecule has 1 aliphatic heterocycles. The first-order valence-electron chi connectivity index (χ1n) is 14.0. The SMILES string of the molecule is CC1(C)CC[C@]23CC[C@]4(C)[C@H](CC[C@@H]5[C@@]6(C)CCC(=O)C(C)(C)[C@@H]6CC[C@]54C)[C@H]2[C@H]1OC3=O. The third-order valence-corrected chi connectivity index (χ3v) is 13.8. The zero-order chi connectivity index (χ0) is 23.8. The number of hydrogen-bond acceptors (Lipinski definition) is 3. The van der Waals surface area contributed by atoms with E-state index in [0.717, 1.165) is 32.1 Å². The lowest BCUT2D eigenvalue weighted by atomic mass is 9.31. The van der Waals surface area contributed by atoms with Gasteiger partial charge in [-0.05, 0) is 91.8 Å². The summed E-state index contributed by atoms with van der Waals surface area (Å²) >= 11 is 0. The van der Waals surface area contributed by atoms with E-state index in [1.807, 2.05) is 0 Å². The minimum Gasteiger partial charge on any atom is -0.461 e. The third-order valence-electron chi connectivity index (χ3n) is 13.8. The molecule has 0 unspecified atom stereocenters. The van der Waals surface area contributed by atoms with Crippen molar-refractivity contribution in [3.63, 3.8) is 0 Å². The van der Waals surface area contributed by atoms with E-state index < -0.39 is 0 Å². The third kappa shape index (κ3) is 2.39. The second kappa shape index (κ2) is 6.28. The Morgan fingerprint density at radius 2 is 1.42 bits per heavy atom. The molecule has 184 valence electrons. The first kappa shape index (κ1) is 22.6. The minimum atomic E-state index is -0.200. The number of Topliss-reactive ketones (excluding diaryl/α,β-unsaturated/α-hetero) is 1. The normalized spacial score (nSPS) is 56.2. The highest BCUT2D eigenvalue weighted by Crippen LogP contribution is 2.77. The standard InChI is InChI=1S/C30H46O3/c1-25(2)14-16-30-17-15-28(6)18(22(30)23(25)33-24(30)32)8-9-20-27(5)12-11-21(31)26(3,4)19(27)10-13-29(20,28)7/h18-20,22-23H,8-17H2,1-7H3/t18-,19+,20-,22+,23-,27+,28-,29-,30+/m1/s1. The van der Waals surface area contributed by atoms with Gasteiger partial charge in [-0.3, -0.25) is 9.59 Å². The van der Waals surface area contributed by atoms with Crippen LogP contribution in [0.5, 0.6) is 0 Å². The molecule has 3 nitrogen and oxygen atoms in total. The molecule has 0 radical (unpaired) electrons. The van der Waals surface area contributed by atoms with Crippen LogP contribution in [-0.4, -0.2) is 17.9 Å². The number of ether oxygens (including phenoxy) is 1. The minimum absolute atomic E-state index is 0.0910. The Morgan fingerprint density at radius 3 is 2.15 bits per heavy atom. The van der Waals surface area contributed by atoms with Crippen molar-refractivity contribution in [1.29, 1.82) is 0 Å². The lowest BCUT2D eigenvalue weighted by Gasteiger charge is -2.72. The monoisotopic (exact) mass is 454 g/mol. The molecule has 0 aromatic heterocycles. The molecule has 0 N–H and O–H groups in total. The Bertz CT molecular complexity index is 918. The smallest absolute Gasteiger partial charge is 0.312 e. The molecule has 0 amide bonds. The zero-order valence-corrected chi connectivity index (χ0v) is 22.2. The number of rotatable bonds is 0. The Morgan fingerprint density at radius 1 is 0.727 bits per heavy atom. The van der Waals surface area contributed by atoms with Crippen LogP contribution >= 0.6 is 0 Å². The molecule has 1 saturated heterocycles. The highest BCUT2D eigenvalue weighted by atomic mass is 16.6. The summed E-state index contributed by atoms with van der Waals surface area (Å²) in [7, 11) is 0. The van der Waals surface area contributed by atoms with Gasteiger partial charge in [0.15, 0.2) is 0 Å². The van der Waals surface area contributed by atoms with E-state index >= 15 is 0 Å². The first-order chi connectivity index (χ1) is 15.2. The Balaban J connectivity index is 1.42. The number of fused-ring (bicyclic) bond motifs is 5. The fourth-order valence-electron chi connectivity index (χ4n) is 11.6. The Labute approximate surface area is 201 Å². The van der Waals surface area contributed by atoms with Crippen LogP contribution in [0, 0.1) is 56.2 Å². The van der Waals surface area contributed by atoms with E-state index in [0.29, 0.717) is 29.5 Å². The van der Waals surface area contributed by atoms with Gasteiger partial charge in [0.2, 0.25) is 0 Å². The van der Waals surface area contributed by atoms with Crippen molar-refractivity contribution in [2.75, 3.05) is 0 Å². The molecular weight excluding hydrogens is 408 g/mol. The lowest BCUT2D eigenvalue weighted by molar-refractivity contribution is -0.239. The second-order valence-corrected chi connectivity index (χ2v) is 15.3. The van der Waals surface area contributed by atoms with E-state index in [9.17, 15) is 9.59 Å². The van der Waals surface area contributed by atoms with Crippen LogP contribution in [0.4, 0.5) is 0 Å². The summed E-state index contributed by atoms with van der Waals surface area (Å²) in [5.74, 6) is 2.80. The van der Waals surface area contributed by atoms with Gasteiger partial charge in [0, 0.05) is 23.2 Å². The van der Waals surface area contributed by atoms with E-state index in [2.05, 4.69) is 48.5 Å². The number of carbonyl (C=O) groups is 2. The second-order valence-electron chi connectivity index (χ2n) is 15.3. The average Bonchev–Trinajstić information content (AvgIpc) is 2.99. The van der Waals surface area contributed by atoms with E-state index in [1.54, 1.807) is 0 Å². The van der Waals surface area contributed by atoms with Gasteiger partial charge in [0.05, 0.1) is 5.41 Å². The fourth-order valence-corrected chi connectivity index (χ4v) is 11.6. The zero-order valence-electron chi connectivity index (χ0n) is 22.2. The first-order valence-corrected chi connectivity index (χ1v) is 14.0. The van der Waals surface area contributed by atoms with Crippen LogP contribution in [0.2, 0.25) is 0 Å². The van der Waals surface area contributed by atoms with Crippen molar-refractivity contribution in [3.8, 4) is 0 Å². The molecule has 0 aromatic carbocycles. The lowest BCUT2D eigenvalue weighted by Crippen LogP contribution is -2.67. The highest BCUT2D eigenvalue weighted by molar-refractivity contribution is 5.85. The summed E-state index contributed by atoms with van der Waals surface area (Å²) in [4.78, 5) is 26.3. The van der Waals surface area contributed by atoms with Gasteiger partial charge in [0.1, 0.15) is 11.9 Å². The van der Waals surface area contributed by atoms with Gasteiger partial charge < -0.3 is 4.74 Å². The molecule has 1 heterocycles. The summed E-state index contributed by atoms with van der Waals surface area (Å²) in [6, 6.07) is 0. The largest absolute Gasteiger partial charge is 0.461 e. The van der Waals surface area contributed by atoms with Gasteiger partial charge >= 0.3 is 5.97 Å². The summed E-state index contributed by atoms with van der Waals surface area (Å²) in [5.41, 5.74) is 0.494. The summed E-state index contributed by atoms with van der Waals surface area (Å²) in [6.45, 7) is 17.0. The van der Waals surface area contributed by atoms with Crippen LogP contribution in [0.3, 0.4) is 0 Å². The molecule has 0 spiro atoms. The Kier molecular flexibility index (Phi) is 4.30. The Hall–Kier alpha value is -0.860. The van der Waals surface area contributed by atoms with E-state index in [-0.39, 0.29) is 44.6 Å². The molecule has 9 atom stereocenters. The summed E-state index contributed by atoms with van der Waals surface area (Å²) in [6.07, 6.45) is 11.2. The van der Waals surface area contributed by atoms with Crippen LogP contribution < -0.4 is 0 Å². The summed E-state index contributed by atoms with van der Waals surface area (Å²) in [5, 5.41) is 0. The molecule has 0 aromatic rings.